The second kappa shape index (κ2) is 5.99. The van der Waals surface area contributed by atoms with Gasteiger partial charge in [0.1, 0.15) is 5.75 Å². The maximum absolute atomic E-state index is 13.5. The molecule has 6 heteroatoms. The van der Waals surface area contributed by atoms with E-state index in [4.69, 9.17) is 4.98 Å². The van der Waals surface area contributed by atoms with Crippen molar-refractivity contribution in [2.24, 2.45) is 5.92 Å². The fourth-order valence-corrected chi connectivity index (χ4v) is 4.31. The molecule has 2 N–H and O–H groups in total. The normalized spacial score (nSPS) is 17.2. The second-order valence-corrected chi connectivity index (χ2v) is 7.34. The Morgan fingerprint density at radius 1 is 1.00 bits per heavy atom. The molecule has 0 spiro atoms. The molecule has 1 aliphatic carbocycles. The van der Waals surface area contributed by atoms with E-state index in [1.54, 1.807) is 12.1 Å². The van der Waals surface area contributed by atoms with Crippen LogP contribution in [0.15, 0.2) is 48.7 Å². The van der Waals surface area contributed by atoms with Crippen LogP contribution in [0.2, 0.25) is 0 Å². The number of alkyl halides is 3. The van der Waals surface area contributed by atoms with E-state index in [9.17, 15) is 18.3 Å². The molecule has 2 heterocycles. The molecule has 0 saturated heterocycles. The van der Waals surface area contributed by atoms with Crippen LogP contribution in [-0.4, -0.2) is 21.3 Å². The zero-order valence-electron chi connectivity index (χ0n) is 14.8. The molecule has 5 rings (SSSR count). The van der Waals surface area contributed by atoms with Crippen molar-refractivity contribution >= 4 is 21.8 Å². The first kappa shape index (κ1) is 17.1. The van der Waals surface area contributed by atoms with Crippen LogP contribution in [0.25, 0.3) is 33.1 Å². The SMILES string of the molecule is Oc1ccc(-c2nc3ccc4[nH]ccc4c3c3c2CC(C(F)(F)F)CC3)cc1. The lowest BCUT2D eigenvalue weighted by molar-refractivity contribution is -0.177. The first-order valence-electron chi connectivity index (χ1n) is 9.19. The van der Waals surface area contributed by atoms with E-state index in [2.05, 4.69) is 4.98 Å². The largest absolute Gasteiger partial charge is 0.508 e. The molecule has 0 bridgehead atoms. The van der Waals surface area contributed by atoms with Crippen molar-refractivity contribution in [2.45, 2.75) is 25.4 Å². The predicted molar refractivity (Wildman–Crippen MR) is 102 cm³/mol. The minimum Gasteiger partial charge on any atom is -0.508 e. The lowest BCUT2D eigenvalue weighted by Gasteiger charge is -2.29. The van der Waals surface area contributed by atoms with Gasteiger partial charge in [-0.05, 0) is 72.9 Å². The zero-order chi connectivity index (χ0) is 19.5. The number of aromatic hydroxyl groups is 1. The Hall–Kier alpha value is -3.02. The number of pyridine rings is 1. The number of phenolic OH excluding ortho intramolecular Hbond substituents is 1. The van der Waals surface area contributed by atoms with E-state index in [-0.39, 0.29) is 18.6 Å². The fraction of sp³-hybridized carbons (Fsp3) is 0.227. The van der Waals surface area contributed by atoms with Crippen LogP contribution in [0.5, 0.6) is 5.75 Å². The molecule has 0 radical (unpaired) electrons. The number of nitrogens with zero attached hydrogens (tertiary/aromatic N) is 1. The van der Waals surface area contributed by atoms with Crippen molar-refractivity contribution in [2.75, 3.05) is 0 Å². The van der Waals surface area contributed by atoms with Gasteiger partial charge >= 0.3 is 6.18 Å². The quantitative estimate of drug-likeness (QED) is 0.440. The second-order valence-electron chi connectivity index (χ2n) is 7.34. The summed E-state index contributed by atoms with van der Waals surface area (Å²) >= 11 is 0. The van der Waals surface area contributed by atoms with Crippen LogP contribution in [0.4, 0.5) is 13.2 Å². The molecule has 1 unspecified atom stereocenters. The Bertz CT molecular complexity index is 1190. The monoisotopic (exact) mass is 382 g/mol. The van der Waals surface area contributed by atoms with Crippen molar-refractivity contribution in [3.8, 4) is 17.0 Å². The summed E-state index contributed by atoms with van der Waals surface area (Å²) in [6.45, 7) is 0. The zero-order valence-corrected chi connectivity index (χ0v) is 14.8. The smallest absolute Gasteiger partial charge is 0.392 e. The van der Waals surface area contributed by atoms with Crippen molar-refractivity contribution in [1.29, 1.82) is 0 Å². The van der Waals surface area contributed by atoms with E-state index >= 15 is 0 Å². The van der Waals surface area contributed by atoms with Crippen LogP contribution in [0.1, 0.15) is 17.5 Å². The Morgan fingerprint density at radius 3 is 2.54 bits per heavy atom. The molecular formula is C22H17F3N2O. The average molecular weight is 382 g/mol. The van der Waals surface area contributed by atoms with Crippen LogP contribution in [0, 0.1) is 5.92 Å². The molecule has 2 aromatic carbocycles. The third-order valence-corrected chi connectivity index (χ3v) is 5.69. The molecule has 28 heavy (non-hydrogen) atoms. The summed E-state index contributed by atoms with van der Waals surface area (Å²) in [4.78, 5) is 7.94. The highest BCUT2D eigenvalue weighted by Gasteiger charge is 2.42. The van der Waals surface area contributed by atoms with Crippen molar-refractivity contribution in [3.05, 3.63) is 59.8 Å². The van der Waals surface area contributed by atoms with Crippen molar-refractivity contribution in [3.63, 3.8) is 0 Å². The lowest BCUT2D eigenvalue weighted by Crippen LogP contribution is -2.29. The van der Waals surface area contributed by atoms with Gasteiger partial charge in [-0.3, -0.25) is 0 Å². The van der Waals surface area contributed by atoms with Gasteiger partial charge in [0.05, 0.1) is 17.1 Å². The highest BCUT2D eigenvalue weighted by atomic mass is 19.4. The molecular weight excluding hydrogens is 365 g/mol. The van der Waals surface area contributed by atoms with Gasteiger partial charge < -0.3 is 10.1 Å². The number of phenols is 1. The summed E-state index contributed by atoms with van der Waals surface area (Å²) in [7, 11) is 0. The number of aryl methyl sites for hydroxylation is 1. The number of aromatic amines is 1. The van der Waals surface area contributed by atoms with Gasteiger partial charge in [0.2, 0.25) is 0 Å². The molecule has 142 valence electrons. The minimum atomic E-state index is -4.22. The summed E-state index contributed by atoms with van der Waals surface area (Å²) in [5, 5.41) is 11.5. The molecule has 1 atom stereocenters. The number of nitrogens with one attached hydrogen (secondary N) is 1. The highest BCUT2D eigenvalue weighted by molar-refractivity contribution is 6.08. The lowest BCUT2D eigenvalue weighted by atomic mass is 9.79. The molecule has 4 aromatic rings. The Labute approximate surface area is 158 Å². The first-order chi connectivity index (χ1) is 13.4. The molecule has 1 aliphatic rings. The van der Waals surface area contributed by atoms with Crippen molar-refractivity contribution in [1.82, 2.24) is 9.97 Å². The number of aromatic nitrogens is 2. The van der Waals surface area contributed by atoms with Gasteiger partial charge in [-0.25, -0.2) is 4.98 Å². The van der Waals surface area contributed by atoms with Gasteiger partial charge in [-0.2, -0.15) is 13.2 Å². The summed E-state index contributed by atoms with van der Waals surface area (Å²) in [5.74, 6) is -1.25. The maximum Gasteiger partial charge on any atom is 0.392 e. The van der Waals surface area contributed by atoms with Crippen LogP contribution < -0.4 is 0 Å². The van der Waals surface area contributed by atoms with Crippen LogP contribution in [-0.2, 0) is 12.8 Å². The van der Waals surface area contributed by atoms with Gasteiger partial charge in [-0.15, -0.1) is 0 Å². The predicted octanol–water partition coefficient (Wildman–Crippen LogP) is 5.76. The maximum atomic E-state index is 13.5. The average Bonchev–Trinajstić information content (AvgIpc) is 3.15. The summed E-state index contributed by atoms with van der Waals surface area (Å²) in [6, 6.07) is 12.3. The van der Waals surface area contributed by atoms with Gasteiger partial charge in [0.25, 0.3) is 0 Å². The number of halogens is 3. The standard InChI is InChI=1S/C22H17F3N2O/c23-22(24,25)13-3-6-15-17(11-13)21(12-1-4-14(28)5-2-12)27-19-8-7-18-16(20(15)19)9-10-26-18/h1-2,4-5,7-10,13,26,28H,3,6,11H2. The summed E-state index contributed by atoms with van der Waals surface area (Å²) in [5.41, 5.74) is 4.64. The number of hydrogen-bond donors (Lipinski definition) is 2. The molecule has 0 amide bonds. The Kier molecular flexibility index (Phi) is 3.66. The van der Waals surface area contributed by atoms with E-state index in [0.29, 0.717) is 23.2 Å². The van der Waals surface area contributed by atoms with Gasteiger partial charge in [0, 0.05) is 28.0 Å². The number of fused-ring (bicyclic) bond motifs is 5. The van der Waals surface area contributed by atoms with Gasteiger partial charge in [-0.1, -0.05) is 0 Å². The first-order valence-corrected chi connectivity index (χ1v) is 9.19. The third-order valence-electron chi connectivity index (χ3n) is 5.69. The molecule has 3 nitrogen and oxygen atoms in total. The molecule has 0 fully saturated rings. The topological polar surface area (TPSA) is 48.9 Å². The molecule has 0 aliphatic heterocycles. The van der Waals surface area contributed by atoms with Crippen LogP contribution >= 0.6 is 0 Å². The van der Waals surface area contributed by atoms with E-state index < -0.39 is 12.1 Å². The van der Waals surface area contributed by atoms with E-state index in [1.165, 1.54) is 12.1 Å². The van der Waals surface area contributed by atoms with Crippen molar-refractivity contribution < 1.29 is 18.3 Å². The Balaban J connectivity index is 1.82. The fourth-order valence-electron chi connectivity index (χ4n) is 4.31. The Morgan fingerprint density at radius 2 is 1.79 bits per heavy atom. The van der Waals surface area contributed by atoms with E-state index in [1.807, 2.05) is 24.4 Å². The summed E-state index contributed by atoms with van der Waals surface area (Å²) < 4.78 is 40.4. The number of H-pyrrole nitrogens is 1. The van der Waals surface area contributed by atoms with E-state index in [0.717, 1.165) is 27.4 Å². The highest BCUT2D eigenvalue weighted by Crippen LogP contribution is 2.43. The van der Waals surface area contributed by atoms with Gasteiger partial charge in [0.15, 0.2) is 0 Å². The minimum absolute atomic E-state index is 0.0706. The summed E-state index contributed by atoms with van der Waals surface area (Å²) in [6.07, 6.45) is -2.00. The van der Waals surface area contributed by atoms with Crippen LogP contribution in [0.3, 0.4) is 0 Å². The molecule has 0 saturated carbocycles. The number of benzene rings is 2. The number of rotatable bonds is 1. The third kappa shape index (κ3) is 2.63. The molecule has 2 aromatic heterocycles. The number of hydrogen-bond acceptors (Lipinski definition) is 2.